The number of carbonyl (C=O) groups is 1. The quantitative estimate of drug-likeness (QED) is 0.896. The molecule has 0 aliphatic heterocycles. The second-order valence-electron chi connectivity index (χ2n) is 3.70. The van der Waals surface area contributed by atoms with Crippen LogP contribution in [0.25, 0.3) is 11.3 Å². The van der Waals surface area contributed by atoms with Gasteiger partial charge in [-0.25, -0.2) is 4.79 Å². The Bertz CT molecular complexity index is 631. The minimum Gasteiger partial charge on any atom is -0.475 e. The van der Waals surface area contributed by atoms with Crippen molar-refractivity contribution < 1.29 is 27.5 Å². The number of hydrogen-bond donors (Lipinski definition) is 1. The topological polar surface area (TPSA) is 50.4 Å². The molecule has 19 heavy (non-hydrogen) atoms. The molecule has 1 heterocycles. The summed E-state index contributed by atoms with van der Waals surface area (Å²) in [4.78, 5) is 10.6. The molecule has 1 N–H and O–H groups in total. The van der Waals surface area contributed by atoms with Crippen LogP contribution in [0.3, 0.4) is 0 Å². The molecular formula is C12H6ClF3O3. The average Bonchev–Trinajstić information content (AvgIpc) is 2.76. The lowest BCUT2D eigenvalue weighted by Gasteiger charge is -2.08. The van der Waals surface area contributed by atoms with E-state index in [-0.39, 0.29) is 22.1 Å². The van der Waals surface area contributed by atoms with Gasteiger partial charge in [0.15, 0.2) is 0 Å². The van der Waals surface area contributed by atoms with Gasteiger partial charge in [-0.05, 0) is 30.3 Å². The van der Waals surface area contributed by atoms with E-state index in [9.17, 15) is 18.0 Å². The van der Waals surface area contributed by atoms with Crippen molar-refractivity contribution in [2.24, 2.45) is 0 Å². The van der Waals surface area contributed by atoms with Gasteiger partial charge in [-0.15, -0.1) is 0 Å². The van der Waals surface area contributed by atoms with Crippen molar-refractivity contribution in [2.75, 3.05) is 0 Å². The molecule has 3 nitrogen and oxygen atoms in total. The summed E-state index contributed by atoms with van der Waals surface area (Å²) in [5, 5.41) is 8.57. The molecule has 0 amide bonds. The maximum absolute atomic E-state index is 12.6. The van der Waals surface area contributed by atoms with Crippen molar-refractivity contribution in [3.05, 3.63) is 46.7 Å². The van der Waals surface area contributed by atoms with E-state index in [0.29, 0.717) is 0 Å². The van der Waals surface area contributed by atoms with E-state index in [1.165, 1.54) is 12.1 Å². The fraction of sp³-hybridized carbons (Fsp3) is 0.0833. The Kier molecular flexibility index (Phi) is 3.28. The van der Waals surface area contributed by atoms with Crippen molar-refractivity contribution in [1.29, 1.82) is 0 Å². The Labute approximate surface area is 110 Å². The van der Waals surface area contributed by atoms with Gasteiger partial charge in [-0.1, -0.05) is 11.6 Å². The van der Waals surface area contributed by atoms with Crippen LogP contribution in [0.15, 0.2) is 34.7 Å². The number of carboxylic acids is 1. The van der Waals surface area contributed by atoms with Crippen LogP contribution < -0.4 is 0 Å². The van der Waals surface area contributed by atoms with Gasteiger partial charge in [0.2, 0.25) is 5.76 Å². The van der Waals surface area contributed by atoms with Gasteiger partial charge in [0.25, 0.3) is 0 Å². The summed E-state index contributed by atoms with van der Waals surface area (Å²) in [6.07, 6.45) is -4.54. The van der Waals surface area contributed by atoms with Crippen molar-refractivity contribution in [3.8, 4) is 11.3 Å². The van der Waals surface area contributed by atoms with Crippen LogP contribution in [0.4, 0.5) is 13.2 Å². The molecule has 7 heteroatoms. The molecule has 0 aliphatic carbocycles. The Hall–Kier alpha value is -1.95. The highest BCUT2D eigenvalue weighted by Gasteiger charge is 2.31. The molecule has 2 rings (SSSR count). The molecule has 0 unspecified atom stereocenters. The SMILES string of the molecule is O=C(O)c1ccc(-c2cc(Cl)cc(C(F)(F)F)c2)o1. The van der Waals surface area contributed by atoms with Crippen molar-refractivity contribution >= 4 is 17.6 Å². The van der Waals surface area contributed by atoms with Crippen LogP contribution in [-0.2, 0) is 6.18 Å². The first-order valence-corrected chi connectivity index (χ1v) is 5.36. The second-order valence-corrected chi connectivity index (χ2v) is 4.13. The van der Waals surface area contributed by atoms with Crippen LogP contribution >= 0.6 is 11.6 Å². The summed E-state index contributed by atoms with van der Waals surface area (Å²) in [6, 6.07) is 5.32. The number of carboxylic acid groups (broad SMARTS) is 1. The first-order valence-electron chi connectivity index (χ1n) is 4.98. The van der Waals surface area contributed by atoms with Gasteiger partial charge >= 0.3 is 12.1 Å². The van der Waals surface area contributed by atoms with Crippen molar-refractivity contribution in [3.63, 3.8) is 0 Å². The number of halogens is 4. The Morgan fingerprint density at radius 3 is 2.42 bits per heavy atom. The predicted molar refractivity (Wildman–Crippen MR) is 61.1 cm³/mol. The zero-order valence-electron chi connectivity index (χ0n) is 9.16. The molecule has 0 aliphatic rings. The molecule has 0 fully saturated rings. The van der Waals surface area contributed by atoms with Crippen LogP contribution in [0.2, 0.25) is 5.02 Å². The highest BCUT2D eigenvalue weighted by Crippen LogP contribution is 2.35. The maximum Gasteiger partial charge on any atom is 0.416 e. The smallest absolute Gasteiger partial charge is 0.416 e. The van der Waals surface area contributed by atoms with Gasteiger partial charge in [-0.2, -0.15) is 13.2 Å². The molecule has 0 saturated heterocycles. The minimum atomic E-state index is -4.54. The van der Waals surface area contributed by atoms with Crippen molar-refractivity contribution in [2.45, 2.75) is 6.18 Å². The number of aromatic carboxylic acids is 1. The van der Waals surface area contributed by atoms with E-state index in [2.05, 4.69) is 0 Å². The summed E-state index contributed by atoms with van der Waals surface area (Å²) in [5.41, 5.74) is -0.865. The number of alkyl halides is 3. The lowest BCUT2D eigenvalue weighted by molar-refractivity contribution is -0.137. The van der Waals surface area contributed by atoms with E-state index in [4.69, 9.17) is 21.1 Å². The molecule has 0 bridgehead atoms. The third-order valence-corrected chi connectivity index (χ3v) is 2.54. The normalized spacial score (nSPS) is 11.6. The predicted octanol–water partition coefficient (Wildman–Crippen LogP) is 4.32. The fourth-order valence-corrected chi connectivity index (χ4v) is 1.74. The molecule has 0 radical (unpaired) electrons. The van der Waals surface area contributed by atoms with Gasteiger partial charge in [0.1, 0.15) is 5.76 Å². The van der Waals surface area contributed by atoms with Crippen LogP contribution in [-0.4, -0.2) is 11.1 Å². The van der Waals surface area contributed by atoms with Gasteiger partial charge < -0.3 is 9.52 Å². The summed E-state index contributed by atoms with van der Waals surface area (Å²) in [7, 11) is 0. The van der Waals surface area contributed by atoms with Gasteiger partial charge in [0, 0.05) is 10.6 Å². The van der Waals surface area contributed by atoms with Gasteiger partial charge in [0.05, 0.1) is 5.56 Å². The van der Waals surface area contributed by atoms with Crippen LogP contribution in [0.5, 0.6) is 0 Å². The van der Waals surface area contributed by atoms with E-state index in [1.807, 2.05) is 0 Å². The third-order valence-electron chi connectivity index (χ3n) is 2.33. The summed E-state index contributed by atoms with van der Waals surface area (Å²) in [6.45, 7) is 0. The monoisotopic (exact) mass is 290 g/mol. The first-order chi connectivity index (χ1) is 8.77. The molecule has 0 saturated carbocycles. The minimum absolute atomic E-state index is 0.00500. The van der Waals surface area contributed by atoms with Gasteiger partial charge in [-0.3, -0.25) is 0 Å². The van der Waals surface area contributed by atoms with Crippen LogP contribution in [0, 0.1) is 0 Å². The summed E-state index contributed by atoms with van der Waals surface area (Å²) in [5.74, 6) is -1.65. The van der Waals surface area contributed by atoms with Crippen molar-refractivity contribution in [1.82, 2.24) is 0 Å². The third kappa shape index (κ3) is 2.90. The number of benzene rings is 1. The Morgan fingerprint density at radius 1 is 1.21 bits per heavy atom. The number of furan rings is 1. The standard InChI is InChI=1S/C12H6ClF3O3/c13-8-4-6(3-7(5-8)12(14,15)16)9-1-2-10(19-9)11(17)18/h1-5H,(H,17,18). The molecule has 100 valence electrons. The summed E-state index contributed by atoms with van der Waals surface area (Å²) < 4.78 is 42.8. The van der Waals surface area contributed by atoms with Crippen LogP contribution in [0.1, 0.15) is 16.1 Å². The average molecular weight is 291 g/mol. The molecule has 0 spiro atoms. The lowest BCUT2D eigenvalue weighted by atomic mass is 10.1. The van der Waals surface area contributed by atoms with E-state index >= 15 is 0 Å². The first kappa shape index (κ1) is 13.5. The number of rotatable bonds is 2. The maximum atomic E-state index is 12.6. The Morgan fingerprint density at radius 2 is 1.89 bits per heavy atom. The molecular weight excluding hydrogens is 285 g/mol. The highest BCUT2D eigenvalue weighted by atomic mass is 35.5. The number of hydrogen-bond acceptors (Lipinski definition) is 2. The van der Waals surface area contributed by atoms with E-state index in [0.717, 1.165) is 18.2 Å². The second kappa shape index (κ2) is 4.62. The zero-order chi connectivity index (χ0) is 14.2. The molecule has 2 aromatic rings. The molecule has 0 atom stereocenters. The van der Waals surface area contributed by atoms with E-state index in [1.54, 1.807) is 0 Å². The molecule has 1 aromatic heterocycles. The Balaban J connectivity index is 2.50. The van der Waals surface area contributed by atoms with E-state index < -0.39 is 17.7 Å². The lowest BCUT2D eigenvalue weighted by Crippen LogP contribution is -2.04. The molecule has 1 aromatic carbocycles. The fourth-order valence-electron chi connectivity index (χ4n) is 1.50. The largest absolute Gasteiger partial charge is 0.475 e. The highest BCUT2D eigenvalue weighted by molar-refractivity contribution is 6.31. The summed E-state index contributed by atoms with van der Waals surface area (Å²) >= 11 is 5.62. The zero-order valence-corrected chi connectivity index (χ0v) is 9.92.